The molecule has 0 saturated heterocycles. The van der Waals surface area contributed by atoms with Gasteiger partial charge in [0, 0.05) is 5.75 Å². The predicted molar refractivity (Wildman–Crippen MR) is 61.7 cm³/mol. The highest BCUT2D eigenvalue weighted by molar-refractivity contribution is 7.98. The van der Waals surface area contributed by atoms with Gasteiger partial charge < -0.3 is 5.11 Å². The molecule has 0 radical (unpaired) electrons. The fourth-order valence-corrected chi connectivity index (χ4v) is 3.18. The van der Waals surface area contributed by atoms with Crippen molar-refractivity contribution in [2.24, 2.45) is 0 Å². The molecule has 0 amide bonds. The maximum Gasteiger partial charge on any atom is 0.0803 e. The topological polar surface area (TPSA) is 20.2 Å². The summed E-state index contributed by atoms with van der Waals surface area (Å²) in [7, 11) is 0. The second-order valence-corrected chi connectivity index (χ2v) is 5.05. The number of hydrogen-bond donors (Lipinski definition) is 1. The lowest BCUT2D eigenvalue weighted by molar-refractivity contribution is 0.174. The lowest BCUT2D eigenvalue weighted by Crippen LogP contribution is -2.03. The van der Waals surface area contributed by atoms with Crippen LogP contribution >= 0.6 is 11.8 Å². The lowest BCUT2D eigenvalue weighted by Gasteiger charge is -2.16. The van der Waals surface area contributed by atoms with Crippen LogP contribution in [0.2, 0.25) is 0 Å². The number of aliphatic hydroxyl groups excluding tert-OH is 1. The lowest BCUT2D eigenvalue weighted by atomic mass is 9.93. The first kappa shape index (κ1) is 10.1. The van der Waals surface area contributed by atoms with Crippen molar-refractivity contribution in [2.45, 2.75) is 32.1 Å². The minimum absolute atomic E-state index is 0.250. The molecule has 1 heterocycles. The highest BCUT2D eigenvalue weighted by Gasteiger charge is 2.19. The van der Waals surface area contributed by atoms with Gasteiger partial charge in [-0.3, -0.25) is 0 Å². The summed E-state index contributed by atoms with van der Waals surface area (Å²) in [6, 6.07) is 4.28. The molecule has 0 aliphatic carbocycles. The van der Waals surface area contributed by atoms with Crippen LogP contribution in [0.3, 0.4) is 0 Å². The van der Waals surface area contributed by atoms with E-state index in [4.69, 9.17) is 0 Å². The summed E-state index contributed by atoms with van der Waals surface area (Å²) in [5.74, 6) is 2.12. The number of aliphatic hydroxyl groups is 1. The molecule has 1 nitrogen and oxygen atoms in total. The summed E-state index contributed by atoms with van der Waals surface area (Å²) in [5.41, 5.74) is 5.11. The summed E-state index contributed by atoms with van der Waals surface area (Å²) in [6.07, 6.45) is 0.641. The number of fused-ring (bicyclic) bond motifs is 1. The van der Waals surface area contributed by atoms with Crippen LogP contribution in [0.1, 0.15) is 34.8 Å². The Morgan fingerprint density at radius 2 is 2.00 bits per heavy atom. The largest absolute Gasteiger partial charge is 0.388 e. The van der Waals surface area contributed by atoms with Crippen molar-refractivity contribution in [3.63, 3.8) is 0 Å². The number of benzene rings is 1. The Balaban J connectivity index is 2.57. The van der Waals surface area contributed by atoms with E-state index < -0.39 is 0 Å². The molecule has 1 aromatic rings. The Morgan fingerprint density at radius 1 is 1.29 bits per heavy atom. The van der Waals surface area contributed by atoms with E-state index in [1.165, 1.54) is 22.3 Å². The molecule has 76 valence electrons. The Morgan fingerprint density at radius 3 is 2.79 bits per heavy atom. The maximum atomic E-state index is 10.0. The molecule has 0 saturated carbocycles. The molecule has 14 heavy (non-hydrogen) atoms. The van der Waals surface area contributed by atoms with Crippen LogP contribution in [0.25, 0.3) is 0 Å². The van der Waals surface area contributed by atoms with Crippen LogP contribution < -0.4 is 0 Å². The second kappa shape index (κ2) is 3.95. The third kappa shape index (κ3) is 1.69. The van der Waals surface area contributed by atoms with Crippen molar-refractivity contribution in [2.75, 3.05) is 5.75 Å². The molecule has 0 fully saturated rings. The van der Waals surface area contributed by atoms with E-state index in [0.717, 1.165) is 17.9 Å². The molecule has 2 rings (SSSR count). The number of aryl methyl sites for hydroxylation is 2. The zero-order valence-electron chi connectivity index (χ0n) is 8.71. The van der Waals surface area contributed by atoms with Crippen LogP contribution in [0, 0.1) is 13.8 Å². The first-order valence-corrected chi connectivity index (χ1v) is 6.20. The summed E-state index contributed by atoms with van der Waals surface area (Å²) >= 11 is 1.93. The van der Waals surface area contributed by atoms with Crippen LogP contribution in [0.15, 0.2) is 12.1 Å². The Labute approximate surface area is 89.5 Å². The van der Waals surface area contributed by atoms with Gasteiger partial charge in [-0.1, -0.05) is 12.1 Å². The highest BCUT2D eigenvalue weighted by atomic mass is 32.2. The predicted octanol–water partition coefficient (Wildman–Crippen LogP) is 2.97. The van der Waals surface area contributed by atoms with Gasteiger partial charge in [-0.2, -0.15) is 11.8 Å². The highest BCUT2D eigenvalue weighted by Crippen LogP contribution is 2.34. The van der Waals surface area contributed by atoms with Gasteiger partial charge in [-0.15, -0.1) is 0 Å². The zero-order chi connectivity index (χ0) is 10.1. The fourth-order valence-electron chi connectivity index (χ4n) is 2.06. The number of thioether (sulfide) groups is 1. The van der Waals surface area contributed by atoms with E-state index in [0.29, 0.717) is 0 Å². The average molecular weight is 208 g/mol. The molecule has 1 unspecified atom stereocenters. The van der Waals surface area contributed by atoms with E-state index in [1.807, 2.05) is 11.8 Å². The van der Waals surface area contributed by atoms with Gasteiger partial charge in [0.15, 0.2) is 0 Å². The van der Waals surface area contributed by atoms with Crippen LogP contribution in [-0.2, 0) is 5.75 Å². The van der Waals surface area contributed by atoms with E-state index in [9.17, 15) is 5.11 Å². The summed E-state index contributed by atoms with van der Waals surface area (Å²) in [5, 5.41) is 10.0. The third-order valence-corrected chi connectivity index (χ3v) is 3.94. The first-order chi connectivity index (χ1) is 6.70. The first-order valence-electron chi connectivity index (χ1n) is 5.05. The van der Waals surface area contributed by atoms with E-state index in [-0.39, 0.29) is 6.10 Å². The second-order valence-electron chi connectivity index (χ2n) is 3.95. The molecule has 1 aliphatic heterocycles. The standard InChI is InChI=1S/C12H16OS/c1-8-3-4-9(2)12-10(8)7-14-6-5-11(12)13/h3-4,11,13H,5-7H2,1-2H3. The number of hydrogen-bond acceptors (Lipinski definition) is 2. The van der Waals surface area contributed by atoms with Crippen molar-refractivity contribution in [3.05, 3.63) is 34.4 Å². The SMILES string of the molecule is Cc1ccc(C)c2c1CSCCC2O. The number of rotatable bonds is 0. The minimum Gasteiger partial charge on any atom is -0.388 e. The third-order valence-electron chi connectivity index (χ3n) is 2.92. The van der Waals surface area contributed by atoms with Gasteiger partial charge in [0.05, 0.1) is 6.10 Å². The molecule has 0 spiro atoms. The van der Waals surface area contributed by atoms with Crippen molar-refractivity contribution < 1.29 is 5.11 Å². The van der Waals surface area contributed by atoms with Crippen LogP contribution in [0.4, 0.5) is 0 Å². The van der Waals surface area contributed by atoms with Gasteiger partial charge in [0.1, 0.15) is 0 Å². The van der Waals surface area contributed by atoms with Crippen LogP contribution in [0.5, 0.6) is 0 Å². The van der Waals surface area contributed by atoms with Gasteiger partial charge >= 0.3 is 0 Å². The van der Waals surface area contributed by atoms with Crippen molar-refractivity contribution in [3.8, 4) is 0 Å². The fraction of sp³-hybridized carbons (Fsp3) is 0.500. The average Bonchev–Trinajstić information content (AvgIpc) is 2.35. The van der Waals surface area contributed by atoms with Crippen molar-refractivity contribution in [1.82, 2.24) is 0 Å². The molecule has 1 aliphatic rings. The minimum atomic E-state index is -0.250. The van der Waals surface area contributed by atoms with Crippen LogP contribution in [-0.4, -0.2) is 10.9 Å². The van der Waals surface area contributed by atoms with E-state index >= 15 is 0 Å². The Bertz CT molecular complexity index is 346. The summed E-state index contributed by atoms with van der Waals surface area (Å²) < 4.78 is 0. The van der Waals surface area contributed by atoms with E-state index in [2.05, 4.69) is 26.0 Å². The van der Waals surface area contributed by atoms with E-state index in [1.54, 1.807) is 0 Å². The normalized spacial score (nSPS) is 21.5. The molecule has 1 N–H and O–H groups in total. The molecule has 0 aromatic heterocycles. The quantitative estimate of drug-likeness (QED) is 0.707. The molecular formula is C12H16OS. The van der Waals surface area contributed by atoms with Gasteiger partial charge in [-0.25, -0.2) is 0 Å². The maximum absolute atomic E-state index is 10.0. The van der Waals surface area contributed by atoms with Gasteiger partial charge in [0.25, 0.3) is 0 Å². The molecule has 1 aromatic carbocycles. The monoisotopic (exact) mass is 208 g/mol. The summed E-state index contributed by atoms with van der Waals surface area (Å²) in [6.45, 7) is 4.23. The summed E-state index contributed by atoms with van der Waals surface area (Å²) in [4.78, 5) is 0. The molecular weight excluding hydrogens is 192 g/mol. The Kier molecular flexibility index (Phi) is 2.84. The molecule has 1 atom stereocenters. The zero-order valence-corrected chi connectivity index (χ0v) is 9.53. The van der Waals surface area contributed by atoms with Crippen molar-refractivity contribution >= 4 is 11.8 Å². The molecule has 2 heteroatoms. The van der Waals surface area contributed by atoms with Gasteiger partial charge in [-0.05, 0) is 48.3 Å². The van der Waals surface area contributed by atoms with Crippen molar-refractivity contribution in [1.29, 1.82) is 0 Å². The van der Waals surface area contributed by atoms with Gasteiger partial charge in [0.2, 0.25) is 0 Å². The smallest absolute Gasteiger partial charge is 0.0803 e. The Hall–Kier alpha value is -0.470. The molecule has 0 bridgehead atoms.